The van der Waals surface area contributed by atoms with Crippen LogP contribution in [0, 0.1) is 0 Å². The molecule has 0 aromatic carbocycles. The minimum absolute atomic E-state index is 0.624. The van der Waals surface area contributed by atoms with E-state index in [2.05, 4.69) is 26.1 Å². The highest BCUT2D eigenvalue weighted by molar-refractivity contribution is 7.99. The van der Waals surface area contributed by atoms with Gasteiger partial charge in [-0.15, -0.1) is 0 Å². The molecule has 3 heteroatoms. The van der Waals surface area contributed by atoms with Crippen molar-refractivity contribution in [3.8, 4) is 0 Å². The van der Waals surface area contributed by atoms with Gasteiger partial charge in [0.15, 0.2) is 0 Å². The highest BCUT2D eigenvalue weighted by atomic mass is 32.2. The Labute approximate surface area is 99.5 Å². The Morgan fingerprint density at radius 3 is 2.73 bits per heavy atom. The molecular weight excluding hydrogens is 206 g/mol. The van der Waals surface area contributed by atoms with E-state index in [-0.39, 0.29) is 0 Å². The predicted octanol–water partition coefficient (Wildman–Crippen LogP) is 2.92. The number of ether oxygens (including phenoxy) is 1. The summed E-state index contributed by atoms with van der Waals surface area (Å²) in [5, 5.41) is 3.48. The molecule has 1 atom stereocenters. The topological polar surface area (TPSA) is 21.3 Å². The van der Waals surface area contributed by atoms with Crippen molar-refractivity contribution in [2.75, 3.05) is 31.3 Å². The highest BCUT2D eigenvalue weighted by Crippen LogP contribution is 2.03. The lowest BCUT2D eigenvalue weighted by Crippen LogP contribution is -2.30. The Morgan fingerprint density at radius 2 is 2.07 bits per heavy atom. The van der Waals surface area contributed by atoms with E-state index in [0.717, 1.165) is 19.8 Å². The van der Waals surface area contributed by atoms with Crippen LogP contribution in [0.5, 0.6) is 0 Å². The normalized spacial score (nSPS) is 13.0. The van der Waals surface area contributed by atoms with Gasteiger partial charge in [-0.2, -0.15) is 11.8 Å². The maximum atomic E-state index is 5.48. The molecule has 1 unspecified atom stereocenters. The van der Waals surface area contributed by atoms with Crippen LogP contribution in [0.1, 0.15) is 40.0 Å². The molecule has 0 saturated carbocycles. The summed E-state index contributed by atoms with van der Waals surface area (Å²) in [5.41, 5.74) is 0. The van der Waals surface area contributed by atoms with Gasteiger partial charge < -0.3 is 10.1 Å². The maximum absolute atomic E-state index is 5.48. The van der Waals surface area contributed by atoms with Crippen LogP contribution in [-0.4, -0.2) is 37.3 Å². The average Bonchev–Trinajstić information content (AvgIpc) is 2.23. The van der Waals surface area contributed by atoms with Crippen LogP contribution in [0.3, 0.4) is 0 Å². The molecule has 0 rings (SSSR count). The van der Waals surface area contributed by atoms with Gasteiger partial charge in [-0.1, -0.05) is 20.3 Å². The SMILES string of the molecule is CCCCOCCNC(C)CCSCC. The third-order valence-electron chi connectivity index (χ3n) is 2.28. The van der Waals surface area contributed by atoms with Crippen LogP contribution in [-0.2, 0) is 4.74 Å². The summed E-state index contributed by atoms with van der Waals surface area (Å²) in [7, 11) is 0. The van der Waals surface area contributed by atoms with Crippen molar-refractivity contribution in [3.63, 3.8) is 0 Å². The third kappa shape index (κ3) is 12.2. The van der Waals surface area contributed by atoms with E-state index >= 15 is 0 Å². The number of thioether (sulfide) groups is 1. The zero-order valence-corrected chi connectivity index (χ0v) is 11.4. The number of rotatable bonds is 11. The van der Waals surface area contributed by atoms with Gasteiger partial charge in [-0.05, 0) is 31.3 Å². The smallest absolute Gasteiger partial charge is 0.0590 e. The molecule has 0 saturated heterocycles. The summed E-state index contributed by atoms with van der Waals surface area (Å²) in [5.74, 6) is 2.49. The van der Waals surface area contributed by atoms with Crippen LogP contribution in [0.15, 0.2) is 0 Å². The Balaban J connectivity index is 3.06. The molecule has 92 valence electrons. The second-order valence-electron chi connectivity index (χ2n) is 3.81. The molecule has 0 aliphatic rings. The fraction of sp³-hybridized carbons (Fsp3) is 1.00. The zero-order chi connectivity index (χ0) is 11.4. The van der Waals surface area contributed by atoms with E-state index < -0.39 is 0 Å². The number of nitrogens with one attached hydrogen (secondary N) is 1. The van der Waals surface area contributed by atoms with Gasteiger partial charge in [0.25, 0.3) is 0 Å². The lowest BCUT2D eigenvalue weighted by atomic mass is 10.2. The van der Waals surface area contributed by atoms with Crippen LogP contribution in [0.2, 0.25) is 0 Å². The fourth-order valence-corrected chi connectivity index (χ4v) is 2.04. The van der Waals surface area contributed by atoms with Crippen LogP contribution in [0.25, 0.3) is 0 Å². The second kappa shape index (κ2) is 12.3. The molecule has 0 radical (unpaired) electrons. The van der Waals surface area contributed by atoms with E-state index in [4.69, 9.17) is 4.74 Å². The zero-order valence-electron chi connectivity index (χ0n) is 10.6. The standard InChI is InChI=1S/C12H27NOS/c1-4-6-9-14-10-8-13-12(3)7-11-15-5-2/h12-13H,4-11H2,1-3H3. The van der Waals surface area contributed by atoms with Crippen molar-refractivity contribution in [2.24, 2.45) is 0 Å². The molecular formula is C12H27NOS. The van der Waals surface area contributed by atoms with E-state index in [1.807, 2.05) is 11.8 Å². The second-order valence-corrected chi connectivity index (χ2v) is 5.20. The van der Waals surface area contributed by atoms with Gasteiger partial charge in [-0.25, -0.2) is 0 Å². The van der Waals surface area contributed by atoms with Gasteiger partial charge in [0.1, 0.15) is 0 Å². The molecule has 0 aromatic heterocycles. The summed E-state index contributed by atoms with van der Waals surface area (Å²) in [4.78, 5) is 0. The van der Waals surface area contributed by atoms with Crippen molar-refractivity contribution < 1.29 is 4.74 Å². The van der Waals surface area contributed by atoms with E-state index in [1.165, 1.54) is 30.8 Å². The third-order valence-corrected chi connectivity index (χ3v) is 3.21. The van der Waals surface area contributed by atoms with Gasteiger partial charge in [0.2, 0.25) is 0 Å². The minimum Gasteiger partial charge on any atom is -0.380 e. The molecule has 0 bridgehead atoms. The highest BCUT2D eigenvalue weighted by Gasteiger charge is 1.99. The first-order chi connectivity index (χ1) is 7.31. The van der Waals surface area contributed by atoms with Crippen molar-refractivity contribution in [3.05, 3.63) is 0 Å². The number of hydrogen-bond donors (Lipinski definition) is 1. The fourth-order valence-electron chi connectivity index (χ4n) is 1.23. The minimum atomic E-state index is 0.624. The van der Waals surface area contributed by atoms with Crippen molar-refractivity contribution in [2.45, 2.75) is 46.1 Å². The van der Waals surface area contributed by atoms with Crippen molar-refractivity contribution in [1.29, 1.82) is 0 Å². The summed E-state index contributed by atoms with van der Waals surface area (Å²) >= 11 is 2.02. The molecule has 0 amide bonds. The van der Waals surface area contributed by atoms with E-state index in [0.29, 0.717) is 6.04 Å². The van der Waals surface area contributed by atoms with Crippen molar-refractivity contribution >= 4 is 11.8 Å². The molecule has 0 fully saturated rings. The summed E-state index contributed by atoms with van der Waals surface area (Å²) in [6, 6.07) is 0.624. The Morgan fingerprint density at radius 1 is 1.27 bits per heavy atom. The molecule has 0 aliphatic heterocycles. The number of unbranched alkanes of at least 4 members (excludes halogenated alkanes) is 1. The van der Waals surface area contributed by atoms with Crippen molar-refractivity contribution in [1.82, 2.24) is 5.32 Å². The van der Waals surface area contributed by atoms with Gasteiger partial charge in [0.05, 0.1) is 6.61 Å². The summed E-state index contributed by atoms with van der Waals surface area (Å²) in [6.45, 7) is 9.41. The molecule has 1 N–H and O–H groups in total. The quantitative estimate of drug-likeness (QED) is 0.554. The summed E-state index contributed by atoms with van der Waals surface area (Å²) in [6.07, 6.45) is 3.66. The van der Waals surface area contributed by atoms with E-state index in [1.54, 1.807) is 0 Å². The number of hydrogen-bond acceptors (Lipinski definition) is 3. The molecule has 0 aliphatic carbocycles. The molecule has 2 nitrogen and oxygen atoms in total. The first kappa shape index (κ1) is 15.3. The average molecular weight is 233 g/mol. The van der Waals surface area contributed by atoms with Gasteiger partial charge in [-0.3, -0.25) is 0 Å². The molecule has 15 heavy (non-hydrogen) atoms. The maximum Gasteiger partial charge on any atom is 0.0590 e. The molecule has 0 aromatic rings. The van der Waals surface area contributed by atoms with Gasteiger partial charge in [0, 0.05) is 19.2 Å². The van der Waals surface area contributed by atoms with Crippen LogP contribution < -0.4 is 5.32 Å². The first-order valence-corrected chi connectivity index (χ1v) is 7.35. The summed E-state index contributed by atoms with van der Waals surface area (Å²) < 4.78 is 5.48. The van der Waals surface area contributed by atoms with Gasteiger partial charge >= 0.3 is 0 Å². The Kier molecular flexibility index (Phi) is 12.6. The molecule has 0 spiro atoms. The lowest BCUT2D eigenvalue weighted by molar-refractivity contribution is 0.131. The van der Waals surface area contributed by atoms with E-state index in [9.17, 15) is 0 Å². The van der Waals surface area contributed by atoms with Crippen LogP contribution >= 0.6 is 11.8 Å². The Bertz CT molecular complexity index is 122. The lowest BCUT2D eigenvalue weighted by Gasteiger charge is -2.13. The predicted molar refractivity (Wildman–Crippen MR) is 70.8 cm³/mol. The monoisotopic (exact) mass is 233 g/mol. The van der Waals surface area contributed by atoms with Crippen LogP contribution in [0.4, 0.5) is 0 Å². The largest absolute Gasteiger partial charge is 0.380 e. The molecule has 0 heterocycles. The Hall–Kier alpha value is 0.270. The first-order valence-electron chi connectivity index (χ1n) is 6.20.